The molecule has 0 bridgehead atoms. The lowest BCUT2D eigenvalue weighted by Crippen LogP contribution is -2.60. The molecule has 336 valence electrons. The summed E-state index contributed by atoms with van der Waals surface area (Å²) < 4.78 is 53.9. The van der Waals surface area contributed by atoms with E-state index in [1.165, 1.54) is 12.8 Å². The Bertz CT molecular complexity index is 1410. The molecule has 6 atom stereocenters. The van der Waals surface area contributed by atoms with E-state index in [-0.39, 0.29) is 19.4 Å². The van der Waals surface area contributed by atoms with Crippen LogP contribution in [0.1, 0.15) is 136 Å². The summed E-state index contributed by atoms with van der Waals surface area (Å²) >= 11 is 0. The number of carbonyl (C=O) groups is 2. The molecule has 0 amide bonds. The molecule has 1 heterocycles. The van der Waals surface area contributed by atoms with Crippen LogP contribution in [0.25, 0.3) is 0 Å². The zero-order valence-corrected chi connectivity index (χ0v) is 36.4. The molecule has 0 aromatic rings. The molecule has 0 aliphatic carbocycles. The van der Waals surface area contributed by atoms with E-state index in [2.05, 4.69) is 86.8 Å². The Hall–Kier alpha value is -3.17. The number of rotatable bonds is 34. The maximum atomic E-state index is 12.8. The SMILES string of the molecule is CC/C=C/C/C=C/C/C=C/C/C=C/C/C=C/CCCC(=O)OC[C@H](CO[C@H]1O[C@H](CS(=O)(=O)O)[C@@H](O)C(O)C1O)OC(=O)CCCCCCC/C=C/C/C=C/CCCC. The summed E-state index contributed by atoms with van der Waals surface area (Å²) in [5.74, 6) is -2.09. The van der Waals surface area contributed by atoms with Gasteiger partial charge in [0.1, 0.15) is 36.8 Å². The maximum Gasteiger partial charge on any atom is 0.306 e. The minimum Gasteiger partial charge on any atom is -0.462 e. The van der Waals surface area contributed by atoms with Crippen LogP contribution in [0.15, 0.2) is 85.1 Å². The molecule has 0 aromatic carbocycles. The van der Waals surface area contributed by atoms with Gasteiger partial charge in [0.25, 0.3) is 10.1 Å². The zero-order valence-electron chi connectivity index (χ0n) is 35.6. The van der Waals surface area contributed by atoms with Crippen LogP contribution in [0.5, 0.6) is 0 Å². The minimum absolute atomic E-state index is 0.131. The molecule has 2 unspecified atom stereocenters. The first-order valence-electron chi connectivity index (χ1n) is 21.6. The first-order chi connectivity index (χ1) is 28.5. The number of esters is 2. The lowest BCUT2D eigenvalue weighted by atomic mass is 10.00. The molecule has 4 N–H and O–H groups in total. The Morgan fingerprint density at radius 3 is 1.64 bits per heavy atom. The molecule has 0 aromatic heterocycles. The van der Waals surface area contributed by atoms with Gasteiger partial charge in [-0.15, -0.1) is 0 Å². The highest BCUT2D eigenvalue weighted by Crippen LogP contribution is 2.24. The van der Waals surface area contributed by atoms with Crippen molar-refractivity contribution in [2.45, 2.75) is 173 Å². The van der Waals surface area contributed by atoms with E-state index in [0.29, 0.717) is 19.3 Å². The monoisotopic (exact) mass is 850 g/mol. The standard InChI is InChI=1S/C46H74O12S/c1-3-5-7-9-11-13-15-17-19-20-21-23-24-26-28-30-32-34-41(47)55-36-39(37-56-46-45(51)44(50)43(49)40(58-46)38-59(52,53)54)57-42(48)35-33-31-29-27-25-22-18-16-14-12-10-8-6-4-2/h5,7,10-13,16-19,21,23,26,28,39-40,43-46,49-51H,3-4,6,8-9,14-15,20,22,24-25,27,29-38H2,1-2H3,(H,52,53,54)/b7-5+,12-10+,13-11+,18-16+,19-17+,23-21+,28-26+/t39-,40-,43-,44?,45?,46+/m1/s1. The summed E-state index contributed by atoms with van der Waals surface area (Å²) in [7, 11) is -4.61. The van der Waals surface area contributed by atoms with E-state index in [1.807, 2.05) is 12.2 Å². The van der Waals surface area contributed by atoms with E-state index in [1.54, 1.807) is 0 Å². The molecule has 12 nitrogen and oxygen atoms in total. The normalized spacial score (nSPS) is 21.1. The molecule has 0 saturated carbocycles. The van der Waals surface area contributed by atoms with Gasteiger partial charge in [-0.1, -0.05) is 131 Å². The summed E-state index contributed by atoms with van der Waals surface area (Å²) in [6.07, 6.45) is 36.3. The molecule has 0 spiro atoms. The number of allylic oxidation sites excluding steroid dienone is 14. The summed E-state index contributed by atoms with van der Waals surface area (Å²) in [4.78, 5) is 25.3. The van der Waals surface area contributed by atoms with Gasteiger partial charge in [-0.3, -0.25) is 14.1 Å². The molecule has 0 radical (unpaired) electrons. The molecule has 1 saturated heterocycles. The lowest BCUT2D eigenvalue weighted by molar-refractivity contribution is -0.297. The van der Waals surface area contributed by atoms with Crippen LogP contribution in [0, 0.1) is 0 Å². The third-order valence-electron chi connectivity index (χ3n) is 9.21. The Kier molecular flexibility index (Phi) is 32.5. The van der Waals surface area contributed by atoms with Crippen molar-refractivity contribution in [2.75, 3.05) is 19.0 Å². The highest BCUT2D eigenvalue weighted by Gasteiger charge is 2.46. The molecular formula is C46H74O12S. The number of carbonyl (C=O) groups excluding carboxylic acids is 2. The Balaban J connectivity index is 2.53. The van der Waals surface area contributed by atoms with Crippen LogP contribution in [-0.2, 0) is 38.7 Å². The van der Waals surface area contributed by atoms with Crippen molar-refractivity contribution in [1.29, 1.82) is 0 Å². The molecule has 59 heavy (non-hydrogen) atoms. The molecule has 13 heteroatoms. The minimum atomic E-state index is -4.61. The van der Waals surface area contributed by atoms with Crippen LogP contribution in [0.4, 0.5) is 0 Å². The number of aliphatic hydroxyl groups is 3. The second-order valence-corrected chi connectivity index (χ2v) is 16.1. The summed E-state index contributed by atoms with van der Waals surface area (Å²) in [6.45, 7) is 3.52. The van der Waals surface area contributed by atoms with Crippen molar-refractivity contribution in [1.82, 2.24) is 0 Å². The third-order valence-corrected chi connectivity index (χ3v) is 9.96. The molecule has 1 rings (SSSR count). The van der Waals surface area contributed by atoms with Crippen LogP contribution >= 0.6 is 0 Å². The Morgan fingerprint density at radius 1 is 0.593 bits per heavy atom. The van der Waals surface area contributed by atoms with Gasteiger partial charge in [0.05, 0.1) is 6.61 Å². The second-order valence-electron chi connectivity index (χ2n) is 14.6. The molecule has 1 aliphatic heterocycles. The average molecular weight is 851 g/mol. The van der Waals surface area contributed by atoms with Crippen molar-refractivity contribution in [3.8, 4) is 0 Å². The fourth-order valence-corrected chi connectivity index (χ4v) is 6.54. The lowest BCUT2D eigenvalue weighted by Gasteiger charge is -2.40. The fourth-order valence-electron chi connectivity index (χ4n) is 5.84. The van der Waals surface area contributed by atoms with Gasteiger partial charge in [0.15, 0.2) is 12.4 Å². The van der Waals surface area contributed by atoms with E-state index in [9.17, 15) is 37.9 Å². The highest BCUT2D eigenvalue weighted by atomic mass is 32.2. The topological polar surface area (TPSA) is 186 Å². The fraction of sp³-hybridized carbons (Fsp3) is 0.652. The van der Waals surface area contributed by atoms with E-state index >= 15 is 0 Å². The van der Waals surface area contributed by atoms with Gasteiger partial charge in [0, 0.05) is 12.8 Å². The van der Waals surface area contributed by atoms with Crippen LogP contribution in [-0.4, -0.2) is 96.0 Å². The quantitative estimate of drug-likeness (QED) is 0.0210. The van der Waals surface area contributed by atoms with Crippen molar-refractivity contribution in [2.24, 2.45) is 0 Å². The number of unbranched alkanes of at least 4 members (excludes halogenated alkanes) is 8. The summed E-state index contributed by atoms with van der Waals surface area (Å²) in [5.41, 5.74) is 0. The van der Waals surface area contributed by atoms with Crippen molar-refractivity contribution in [3.05, 3.63) is 85.1 Å². The Morgan fingerprint density at radius 2 is 1.08 bits per heavy atom. The zero-order chi connectivity index (χ0) is 43.4. The van der Waals surface area contributed by atoms with Crippen molar-refractivity contribution >= 4 is 22.1 Å². The number of hydrogen-bond donors (Lipinski definition) is 4. The predicted octanol–water partition coefficient (Wildman–Crippen LogP) is 8.50. The third kappa shape index (κ3) is 30.5. The first kappa shape index (κ1) is 53.8. The summed E-state index contributed by atoms with van der Waals surface area (Å²) in [6, 6.07) is 0. The molecular weight excluding hydrogens is 777 g/mol. The largest absolute Gasteiger partial charge is 0.462 e. The van der Waals surface area contributed by atoms with E-state index in [4.69, 9.17) is 18.9 Å². The maximum absolute atomic E-state index is 12.8. The predicted molar refractivity (Wildman–Crippen MR) is 233 cm³/mol. The number of aliphatic hydroxyl groups excluding tert-OH is 3. The van der Waals surface area contributed by atoms with Gasteiger partial charge in [-0.2, -0.15) is 8.42 Å². The van der Waals surface area contributed by atoms with Crippen LogP contribution in [0.2, 0.25) is 0 Å². The van der Waals surface area contributed by atoms with Gasteiger partial charge in [0.2, 0.25) is 0 Å². The van der Waals surface area contributed by atoms with Crippen LogP contribution in [0.3, 0.4) is 0 Å². The molecule has 1 fully saturated rings. The smallest absolute Gasteiger partial charge is 0.306 e. The van der Waals surface area contributed by atoms with E-state index < -0.39 is 71.2 Å². The van der Waals surface area contributed by atoms with Gasteiger partial charge >= 0.3 is 11.9 Å². The second kappa shape index (κ2) is 35.6. The number of ether oxygens (including phenoxy) is 4. The van der Waals surface area contributed by atoms with Gasteiger partial charge in [-0.05, 0) is 77.0 Å². The highest BCUT2D eigenvalue weighted by molar-refractivity contribution is 7.85. The van der Waals surface area contributed by atoms with Gasteiger partial charge < -0.3 is 34.3 Å². The van der Waals surface area contributed by atoms with E-state index in [0.717, 1.165) is 77.0 Å². The van der Waals surface area contributed by atoms with Crippen LogP contribution < -0.4 is 0 Å². The number of hydrogen-bond acceptors (Lipinski definition) is 11. The first-order valence-corrected chi connectivity index (χ1v) is 23.3. The summed E-state index contributed by atoms with van der Waals surface area (Å²) in [5, 5.41) is 30.8. The Labute approximate surface area is 354 Å². The average Bonchev–Trinajstić information content (AvgIpc) is 3.20. The van der Waals surface area contributed by atoms with Crippen molar-refractivity contribution < 1.29 is 56.8 Å². The molecule has 1 aliphatic rings. The van der Waals surface area contributed by atoms with Gasteiger partial charge in [-0.25, -0.2) is 0 Å². The van der Waals surface area contributed by atoms with Crippen molar-refractivity contribution in [3.63, 3.8) is 0 Å².